The standard InChI is InChI=1S/C5H8N4O/c1-4-6-8-5(3-10-2)9-7-4/h3H2,1-2H3. The molecule has 0 atom stereocenters. The first-order valence-corrected chi connectivity index (χ1v) is 2.84. The molecular weight excluding hydrogens is 132 g/mol. The van der Waals surface area contributed by atoms with E-state index in [9.17, 15) is 0 Å². The Morgan fingerprint density at radius 1 is 1.20 bits per heavy atom. The first-order valence-electron chi connectivity index (χ1n) is 2.84. The molecule has 5 nitrogen and oxygen atoms in total. The van der Waals surface area contributed by atoms with Crippen LogP contribution in [0.25, 0.3) is 0 Å². The third kappa shape index (κ3) is 1.70. The summed E-state index contributed by atoms with van der Waals surface area (Å²) in [6, 6.07) is 0. The van der Waals surface area contributed by atoms with E-state index in [0.29, 0.717) is 18.3 Å². The third-order valence-electron chi connectivity index (χ3n) is 0.894. The maximum atomic E-state index is 4.76. The van der Waals surface area contributed by atoms with Crippen molar-refractivity contribution in [2.75, 3.05) is 7.11 Å². The minimum atomic E-state index is 0.361. The van der Waals surface area contributed by atoms with Crippen LogP contribution in [0.3, 0.4) is 0 Å². The van der Waals surface area contributed by atoms with Crippen molar-refractivity contribution in [1.29, 1.82) is 0 Å². The molecule has 1 aromatic heterocycles. The van der Waals surface area contributed by atoms with Crippen LogP contribution in [0.15, 0.2) is 0 Å². The van der Waals surface area contributed by atoms with Gasteiger partial charge in [-0.05, 0) is 6.92 Å². The molecule has 0 fully saturated rings. The quantitative estimate of drug-likeness (QED) is 0.565. The van der Waals surface area contributed by atoms with Gasteiger partial charge in [0.2, 0.25) is 0 Å². The molecule has 0 radical (unpaired) electrons. The molecule has 0 N–H and O–H groups in total. The van der Waals surface area contributed by atoms with Crippen molar-refractivity contribution in [3.63, 3.8) is 0 Å². The second kappa shape index (κ2) is 3.17. The van der Waals surface area contributed by atoms with Crippen LogP contribution in [-0.4, -0.2) is 27.5 Å². The molecule has 1 rings (SSSR count). The lowest BCUT2D eigenvalue weighted by atomic mass is 10.7. The first kappa shape index (κ1) is 7.01. The largest absolute Gasteiger partial charge is 0.377 e. The lowest BCUT2D eigenvalue weighted by molar-refractivity contribution is 0.175. The maximum absolute atomic E-state index is 4.76. The number of ether oxygens (including phenoxy) is 1. The molecular formula is C5H8N4O. The van der Waals surface area contributed by atoms with Crippen LogP contribution in [0.1, 0.15) is 11.6 Å². The maximum Gasteiger partial charge on any atom is 0.199 e. The van der Waals surface area contributed by atoms with Crippen LogP contribution < -0.4 is 0 Å². The minimum Gasteiger partial charge on any atom is -0.377 e. The zero-order valence-electron chi connectivity index (χ0n) is 5.90. The molecule has 0 aliphatic heterocycles. The van der Waals surface area contributed by atoms with Crippen LogP contribution in [-0.2, 0) is 11.3 Å². The zero-order chi connectivity index (χ0) is 7.40. The predicted octanol–water partition coefficient (Wildman–Crippen LogP) is -0.279. The van der Waals surface area contributed by atoms with E-state index in [4.69, 9.17) is 4.74 Å². The average Bonchev–Trinajstić information content (AvgIpc) is 1.95. The number of methoxy groups -OCH3 is 1. The molecule has 0 aliphatic rings. The number of aryl methyl sites for hydroxylation is 1. The van der Waals surface area contributed by atoms with E-state index in [2.05, 4.69) is 20.4 Å². The van der Waals surface area contributed by atoms with Gasteiger partial charge in [-0.15, -0.1) is 20.4 Å². The highest BCUT2D eigenvalue weighted by molar-refractivity contribution is 4.76. The van der Waals surface area contributed by atoms with Gasteiger partial charge in [0.05, 0.1) is 0 Å². The summed E-state index contributed by atoms with van der Waals surface area (Å²) in [6.07, 6.45) is 0. The molecule has 5 heteroatoms. The van der Waals surface area contributed by atoms with Gasteiger partial charge < -0.3 is 4.74 Å². The first-order chi connectivity index (χ1) is 4.83. The molecule has 0 saturated heterocycles. The van der Waals surface area contributed by atoms with Crippen LogP contribution in [0.4, 0.5) is 0 Å². The summed E-state index contributed by atoms with van der Waals surface area (Å²) >= 11 is 0. The number of nitrogens with zero attached hydrogens (tertiary/aromatic N) is 4. The molecule has 0 amide bonds. The van der Waals surface area contributed by atoms with Crippen molar-refractivity contribution >= 4 is 0 Å². The molecule has 0 saturated carbocycles. The van der Waals surface area contributed by atoms with Gasteiger partial charge in [-0.2, -0.15) is 0 Å². The van der Waals surface area contributed by atoms with E-state index in [1.54, 1.807) is 14.0 Å². The molecule has 0 aromatic carbocycles. The fourth-order valence-corrected chi connectivity index (χ4v) is 0.487. The van der Waals surface area contributed by atoms with E-state index >= 15 is 0 Å². The Labute approximate surface area is 58.5 Å². The van der Waals surface area contributed by atoms with Gasteiger partial charge in [0.25, 0.3) is 0 Å². The lowest BCUT2D eigenvalue weighted by Gasteiger charge is -1.93. The Morgan fingerprint density at radius 3 is 2.30 bits per heavy atom. The molecule has 54 valence electrons. The van der Waals surface area contributed by atoms with Gasteiger partial charge >= 0.3 is 0 Å². The summed E-state index contributed by atoms with van der Waals surface area (Å²) in [5.74, 6) is 1.08. The number of hydrogen-bond acceptors (Lipinski definition) is 5. The van der Waals surface area contributed by atoms with Crippen LogP contribution in [0, 0.1) is 6.92 Å². The van der Waals surface area contributed by atoms with E-state index < -0.39 is 0 Å². The molecule has 10 heavy (non-hydrogen) atoms. The third-order valence-corrected chi connectivity index (χ3v) is 0.894. The molecule has 0 unspecified atom stereocenters. The topological polar surface area (TPSA) is 60.8 Å². The van der Waals surface area contributed by atoms with Gasteiger partial charge in [0, 0.05) is 7.11 Å². The van der Waals surface area contributed by atoms with Crippen LogP contribution >= 0.6 is 0 Å². The molecule has 1 heterocycles. The molecule has 1 aromatic rings. The van der Waals surface area contributed by atoms with E-state index in [-0.39, 0.29) is 0 Å². The van der Waals surface area contributed by atoms with E-state index in [1.165, 1.54) is 0 Å². The van der Waals surface area contributed by atoms with E-state index in [1.807, 2.05) is 0 Å². The Morgan fingerprint density at radius 2 is 1.80 bits per heavy atom. The van der Waals surface area contributed by atoms with Crippen molar-refractivity contribution in [2.24, 2.45) is 0 Å². The number of hydrogen-bond donors (Lipinski definition) is 0. The number of aromatic nitrogens is 4. The highest BCUT2D eigenvalue weighted by atomic mass is 16.5. The summed E-state index contributed by atoms with van der Waals surface area (Å²) in [5, 5.41) is 14.8. The Kier molecular flexibility index (Phi) is 2.22. The highest BCUT2D eigenvalue weighted by Crippen LogP contribution is 1.85. The number of rotatable bonds is 2. The fourth-order valence-electron chi connectivity index (χ4n) is 0.487. The Bertz CT molecular complexity index is 197. The summed E-state index contributed by atoms with van der Waals surface area (Å²) < 4.78 is 4.76. The van der Waals surface area contributed by atoms with Crippen LogP contribution in [0.2, 0.25) is 0 Å². The summed E-state index contributed by atoms with van der Waals surface area (Å²) in [5.41, 5.74) is 0. The normalized spacial score (nSPS) is 9.80. The Hall–Kier alpha value is -1.10. The van der Waals surface area contributed by atoms with Crippen molar-refractivity contribution in [3.05, 3.63) is 11.6 Å². The summed E-state index contributed by atoms with van der Waals surface area (Å²) in [4.78, 5) is 0. The van der Waals surface area contributed by atoms with E-state index in [0.717, 1.165) is 0 Å². The second-order valence-electron chi connectivity index (χ2n) is 1.80. The van der Waals surface area contributed by atoms with Crippen LogP contribution in [0.5, 0.6) is 0 Å². The zero-order valence-corrected chi connectivity index (χ0v) is 5.90. The van der Waals surface area contributed by atoms with Gasteiger partial charge in [-0.1, -0.05) is 0 Å². The molecule has 0 spiro atoms. The minimum absolute atomic E-state index is 0.361. The monoisotopic (exact) mass is 140 g/mol. The lowest BCUT2D eigenvalue weighted by Crippen LogP contribution is -2.03. The molecule has 0 aliphatic carbocycles. The van der Waals surface area contributed by atoms with Crippen molar-refractivity contribution < 1.29 is 4.74 Å². The highest BCUT2D eigenvalue weighted by Gasteiger charge is 1.94. The van der Waals surface area contributed by atoms with Gasteiger partial charge in [-0.25, -0.2) is 0 Å². The Balaban J connectivity index is 2.69. The second-order valence-corrected chi connectivity index (χ2v) is 1.80. The summed E-state index contributed by atoms with van der Waals surface area (Å²) in [6.45, 7) is 2.09. The van der Waals surface area contributed by atoms with Crippen molar-refractivity contribution in [2.45, 2.75) is 13.5 Å². The SMILES string of the molecule is COCc1nnc(C)nn1. The smallest absolute Gasteiger partial charge is 0.199 e. The molecule has 0 bridgehead atoms. The van der Waals surface area contributed by atoms with Gasteiger partial charge in [-0.3, -0.25) is 0 Å². The van der Waals surface area contributed by atoms with Crippen molar-refractivity contribution in [3.8, 4) is 0 Å². The average molecular weight is 140 g/mol. The van der Waals surface area contributed by atoms with Gasteiger partial charge in [0.15, 0.2) is 11.6 Å². The van der Waals surface area contributed by atoms with Crippen molar-refractivity contribution in [1.82, 2.24) is 20.4 Å². The summed E-state index contributed by atoms with van der Waals surface area (Å²) in [7, 11) is 1.57. The van der Waals surface area contributed by atoms with Gasteiger partial charge in [0.1, 0.15) is 6.61 Å². The predicted molar refractivity (Wildman–Crippen MR) is 33.1 cm³/mol. The fraction of sp³-hybridized carbons (Fsp3) is 0.600.